The van der Waals surface area contributed by atoms with Crippen LogP contribution in [0.25, 0.3) is 0 Å². The van der Waals surface area contributed by atoms with Gasteiger partial charge in [0, 0.05) is 32.0 Å². The standard InChI is InChI=1S/C13H24N4/c1-11-10-16(5-3-13(11)9-14)7-8-17-6-4-15-12(17)2/h4,6,11,13H,3,5,7-10,14H2,1-2H3. The molecule has 1 aliphatic heterocycles. The zero-order valence-electron chi connectivity index (χ0n) is 11.0. The quantitative estimate of drug-likeness (QED) is 0.852. The summed E-state index contributed by atoms with van der Waals surface area (Å²) in [5, 5.41) is 0. The average Bonchev–Trinajstić information content (AvgIpc) is 2.72. The number of nitrogens with two attached hydrogens (primary N) is 1. The lowest BCUT2D eigenvalue weighted by atomic mass is 9.87. The first kappa shape index (κ1) is 12.6. The van der Waals surface area contributed by atoms with Crippen molar-refractivity contribution in [1.29, 1.82) is 0 Å². The summed E-state index contributed by atoms with van der Waals surface area (Å²) in [5.41, 5.74) is 5.78. The monoisotopic (exact) mass is 236 g/mol. The molecule has 1 saturated heterocycles. The maximum absolute atomic E-state index is 5.78. The Kier molecular flexibility index (Phi) is 4.18. The Hall–Kier alpha value is -0.870. The highest BCUT2D eigenvalue weighted by molar-refractivity contribution is 4.89. The molecule has 0 aliphatic carbocycles. The van der Waals surface area contributed by atoms with E-state index in [1.54, 1.807) is 0 Å². The lowest BCUT2D eigenvalue weighted by Gasteiger charge is -2.36. The number of piperidine rings is 1. The van der Waals surface area contributed by atoms with E-state index in [1.807, 2.05) is 6.20 Å². The molecule has 2 unspecified atom stereocenters. The van der Waals surface area contributed by atoms with Gasteiger partial charge in [-0.2, -0.15) is 0 Å². The fourth-order valence-corrected chi connectivity index (χ4v) is 2.72. The molecule has 0 aromatic carbocycles. The van der Waals surface area contributed by atoms with Crippen LogP contribution in [-0.4, -0.2) is 40.6 Å². The van der Waals surface area contributed by atoms with Gasteiger partial charge in [0.15, 0.2) is 0 Å². The highest BCUT2D eigenvalue weighted by atomic mass is 15.2. The van der Waals surface area contributed by atoms with Gasteiger partial charge in [0.1, 0.15) is 5.82 Å². The van der Waals surface area contributed by atoms with Crippen molar-refractivity contribution >= 4 is 0 Å². The topological polar surface area (TPSA) is 47.1 Å². The Balaban J connectivity index is 1.79. The molecule has 2 atom stereocenters. The van der Waals surface area contributed by atoms with Gasteiger partial charge in [0.05, 0.1) is 0 Å². The Bertz CT molecular complexity index is 347. The van der Waals surface area contributed by atoms with Crippen LogP contribution in [0.4, 0.5) is 0 Å². The largest absolute Gasteiger partial charge is 0.334 e. The molecule has 1 aromatic rings. The fourth-order valence-electron chi connectivity index (χ4n) is 2.72. The van der Waals surface area contributed by atoms with Crippen LogP contribution < -0.4 is 5.73 Å². The lowest BCUT2D eigenvalue weighted by Crippen LogP contribution is -2.42. The first-order chi connectivity index (χ1) is 8.20. The van der Waals surface area contributed by atoms with Gasteiger partial charge in [-0.05, 0) is 38.3 Å². The SMILES string of the molecule is Cc1nccn1CCN1CCC(CN)C(C)C1. The molecule has 96 valence electrons. The molecule has 17 heavy (non-hydrogen) atoms. The van der Waals surface area contributed by atoms with Gasteiger partial charge in [-0.15, -0.1) is 0 Å². The molecule has 1 aromatic heterocycles. The Labute approximate surface area is 104 Å². The maximum Gasteiger partial charge on any atom is 0.105 e. The Morgan fingerprint density at radius 3 is 2.88 bits per heavy atom. The third-order valence-corrected chi connectivity index (χ3v) is 4.05. The van der Waals surface area contributed by atoms with Crippen LogP contribution in [0.1, 0.15) is 19.2 Å². The van der Waals surface area contributed by atoms with Crippen LogP contribution in [0, 0.1) is 18.8 Å². The normalized spacial score (nSPS) is 26.3. The molecule has 4 nitrogen and oxygen atoms in total. The molecule has 4 heteroatoms. The highest BCUT2D eigenvalue weighted by Crippen LogP contribution is 2.21. The predicted molar refractivity (Wildman–Crippen MR) is 69.7 cm³/mol. The molecule has 0 spiro atoms. The minimum Gasteiger partial charge on any atom is -0.334 e. The van der Waals surface area contributed by atoms with Crippen LogP contribution in [0.2, 0.25) is 0 Å². The van der Waals surface area contributed by atoms with Crippen molar-refractivity contribution in [3.8, 4) is 0 Å². The van der Waals surface area contributed by atoms with Gasteiger partial charge < -0.3 is 15.2 Å². The van der Waals surface area contributed by atoms with Crippen molar-refractivity contribution in [2.24, 2.45) is 17.6 Å². The van der Waals surface area contributed by atoms with Gasteiger partial charge >= 0.3 is 0 Å². The van der Waals surface area contributed by atoms with E-state index in [4.69, 9.17) is 5.73 Å². The summed E-state index contributed by atoms with van der Waals surface area (Å²) in [5.74, 6) is 2.56. The van der Waals surface area contributed by atoms with E-state index in [-0.39, 0.29) is 0 Å². The molecule has 0 saturated carbocycles. The number of likely N-dealkylation sites (tertiary alicyclic amines) is 1. The van der Waals surface area contributed by atoms with Crippen molar-refractivity contribution < 1.29 is 0 Å². The number of aryl methyl sites for hydroxylation is 1. The van der Waals surface area contributed by atoms with Crippen LogP contribution >= 0.6 is 0 Å². The van der Waals surface area contributed by atoms with Crippen molar-refractivity contribution in [2.75, 3.05) is 26.2 Å². The van der Waals surface area contributed by atoms with Gasteiger partial charge in [0.2, 0.25) is 0 Å². The number of imidazole rings is 1. The zero-order chi connectivity index (χ0) is 12.3. The van der Waals surface area contributed by atoms with Gasteiger partial charge in [-0.3, -0.25) is 0 Å². The fraction of sp³-hybridized carbons (Fsp3) is 0.769. The van der Waals surface area contributed by atoms with E-state index in [2.05, 4.69) is 34.5 Å². The summed E-state index contributed by atoms with van der Waals surface area (Å²) in [6.07, 6.45) is 5.19. The van der Waals surface area contributed by atoms with Gasteiger partial charge in [-0.1, -0.05) is 6.92 Å². The maximum atomic E-state index is 5.78. The molecule has 0 radical (unpaired) electrons. The molecule has 0 amide bonds. The number of nitrogens with zero attached hydrogens (tertiary/aromatic N) is 3. The molecule has 1 fully saturated rings. The molecule has 2 heterocycles. The Morgan fingerprint density at radius 1 is 1.47 bits per heavy atom. The van der Waals surface area contributed by atoms with Gasteiger partial charge in [-0.25, -0.2) is 4.98 Å². The first-order valence-electron chi connectivity index (χ1n) is 6.61. The zero-order valence-corrected chi connectivity index (χ0v) is 11.0. The minimum absolute atomic E-state index is 0.723. The van der Waals surface area contributed by atoms with E-state index in [9.17, 15) is 0 Å². The van der Waals surface area contributed by atoms with Crippen LogP contribution in [0.5, 0.6) is 0 Å². The van der Waals surface area contributed by atoms with E-state index >= 15 is 0 Å². The molecular formula is C13H24N4. The first-order valence-corrected chi connectivity index (χ1v) is 6.61. The predicted octanol–water partition coefficient (Wildman–Crippen LogP) is 1.11. The van der Waals surface area contributed by atoms with E-state index in [1.165, 1.54) is 19.5 Å². The van der Waals surface area contributed by atoms with Crippen molar-refractivity contribution in [3.63, 3.8) is 0 Å². The summed E-state index contributed by atoms with van der Waals surface area (Å²) >= 11 is 0. The van der Waals surface area contributed by atoms with E-state index in [0.717, 1.165) is 37.3 Å². The van der Waals surface area contributed by atoms with Crippen molar-refractivity contribution in [3.05, 3.63) is 18.2 Å². The average molecular weight is 236 g/mol. The third-order valence-electron chi connectivity index (χ3n) is 4.05. The van der Waals surface area contributed by atoms with E-state index < -0.39 is 0 Å². The van der Waals surface area contributed by atoms with Crippen LogP contribution in [0.15, 0.2) is 12.4 Å². The second-order valence-corrected chi connectivity index (χ2v) is 5.23. The summed E-state index contributed by atoms with van der Waals surface area (Å²) in [7, 11) is 0. The van der Waals surface area contributed by atoms with E-state index in [0.29, 0.717) is 0 Å². The van der Waals surface area contributed by atoms with Crippen LogP contribution in [-0.2, 0) is 6.54 Å². The smallest absolute Gasteiger partial charge is 0.105 e. The summed E-state index contributed by atoms with van der Waals surface area (Å²) < 4.78 is 2.22. The third kappa shape index (κ3) is 3.07. The number of hydrogen-bond acceptors (Lipinski definition) is 3. The molecule has 2 rings (SSSR count). The number of rotatable bonds is 4. The molecule has 1 aliphatic rings. The second kappa shape index (κ2) is 5.65. The number of hydrogen-bond donors (Lipinski definition) is 1. The minimum atomic E-state index is 0.723. The summed E-state index contributed by atoms with van der Waals surface area (Å²) in [6, 6.07) is 0. The molecular weight excluding hydrogens is 212 g/mol. The summed E-state index contributed by atoms with van der Waals surface area (Å²) in [6.45, 7) is 9.78. The van der Waals surface area contributed by atoms with Crippen molar-refractivity contribution in [1.82, 2.24) is 14.5 Å². The Morgan fingerprint density at radius 2 is 2.29 bits per heavy atom. The number of aromatic nitrogens is 2. The molecule has 0 bridgehead atoms. The second-order valence-electron chi connectivity index (χ2n) is 5.23. The van der Waals surface area contributed by atoms with Gasteiger partial charge in [0.25, 0.3) is 0 Å². The molecule has 2 N–H and O–H groups in total. The van der Waals surface area contributed by atoms with Crippen LogP contribution in [0.3, 0.4) is 0 Å². The highest BCUT2D eigenvalue weighted by Gasteiger charge is 2.24. The van der Waals surface area contributed by atoms with Crippen molar-refractivity contribution in [2.45, 2.75) is 26.8 Å². The lowest BCUT2D eigenvalue weighted by molar-refractivity contribution is 0.129. The summed E-state index contributed by atoms with van der Waals surface area (Å²) in [4.78, 5) is 6.80.